The van der Waals surface area contributed by atoms with Gasteiger partial charge in [-0.3, -0.25) is 9.78 Å². The van der Waals surface area contributed by atoms with E-state index in [2.05, 4.69) is 24.6 Å². The molecular formula is C13H16N2O. The Morgan fingerprint density at radius 3 is 3.19 bits per heavy atom. The fourth-order valence-corrected chi connectivity index (χ4v) is 2.11. The zero-order valence-electron chi connectivity index (χ0n) is 9.52. The maximum absolute atomic E-state index is 11.4. The molecule has 1 aliphatic rings. The minimum Gasteiger partial charge on any atom is -0.338 e. The molecule has 1 aliphatic heterocycles. The topological polar surface area (TPSA) is 33.2 Å². The van der Waals surface area contributed by atoms with Gasteiger partial charge in [-0.1, -0.05) is 6.58 Å². The molecule has 1 unspecified atom stereocenters. The Morgan fingerprint density at radius 2 is 2.50 bits per heavy atom. The van der Waals surface area contributed by atoms with E-state index < -0.39 is 0 Å². The maximum atomic E-state index is 11.4. The van der Waals surface area contributed by atoms with E-state index in [4.69, 9.17) is 0 Å². The van der Waals surface area contributed by atoms with Gasteiger partial charge in [0.05, 0.1) is 0 Å². The third kappa shape index (κ3) is 2.13. The number of carbonyl (C=O) groups is 1. The first-order chi connectivity index (χ1) is 7.70. The zero-order chi connectivity index (χ0) is 11.5. The number of hydrogen-bond donors (Lipinski definition) is 0. The smallest absolute Gasteiger partial charge is 0.245 e. The van der Waals surface area contributed by atoms with Crippen molar-refractivity contribution < 1.29 is 4.79 Å². The first-order valence-electron chi connectivity index (χ1n) is 5.54. The number of carbonyl (C=O) groups excluding carboxylic acids is 1. The van der Waals surface area contributed by atoms with Crippen molar-refractivity contribution in [2.45, 2.75) is 19.3 Å². The summed E-state index contributed by atoms with van der Waals surface area (Å²) in [5, 5.41) is 0. The molecule has 0 N–H and O–H groups in total. The summed E-state index contributed by atoms with van der Waals surface area (Å²) in [5.41, 5.74) is 2.32. The average molecular weight is 216 g/mol. The Morgan fingerprint density at radius 1 is 1.69 bits per heavy atom. The lowest BCUT2D eigenvalue weighted by atomic mass is 10.0. The molecule has 0 spiro atoms. The molecule has 1 saturated heterocycles. The number of amides is 1. The van der Waals surface area contributed by atoms with Crippen LogP contribution in [0.25, 0.3) is 0 Å². The molecule has 0 radical (unpaired) electrons. The van der Waals surface area contributed by atoms with E-state index in [1.165, 1.54) is 11.6 Å². The first-order valence-corrected chi connectivity index (χ1v) is 5.54. The molecule has 3 nitrogen and oxygen atoms in total. The second-order valence-electron chi connectivity index (χ2n) is 4.23. The maximum Gasteiger partial charge on any atom is 0.245 e. The van der Waals surface area contributed by atoms with Crippen molar-refractivity contribution in [2.24, 2.45) is 0 Å². The van der Waals surface area contributed by atoms with E-state index in [1.54, 1.807) is 0 Å². The number of rotatable bonds is 2. The number of aromatic nitrogens is 1. The summed E-state index contributed by atoms with van der Waals surface area (Å²) in [6.07, 6.45) is 4.21. The highest BCUT2D eigenvalue weighted by Gasteiger charge is 2.26. The van der Waals surface area contributed by atoms with Gasteiger partial charge in [0.15, 0.2) is 0 Å². The van der Waals surface area contributed by atoms with Gasteiger partial charge in [0.25, 0.3) is 0 Å². The molecule has 0 aliphatic carbocycles. The first kappa shape index (κ1) is 10.9. The van der Waals surface area contributed by atoms with Gasteiger partial charge in [0, 0.05) is 30.9 Å². The molecule has 16 heavy (non-hydrogen) atoms. The van der Waals surface area contributed by atoms with Gasteiger partial charge in [-0.2, -0.15) is 0 Å². The molecule has 1 fully saturated rings. The normalized spacial score (nSPS) is 19.8. The van der Waals surface area contributed by atoms with Crippen LogP contribution in [0, 0.1) is 6.92 Å². The van der Waals surface area contributed by atoms with Crippen LogP contribution in [0.4, 0.5) is 0 Å². The highest BCUT2D eigenvalue weighted by Crippen LogP contribution is 2.26. The van der Waals surface area contributed by atoms with Crippen LogP contribution >= 0.6 is 0 Å². The Bertz CT molecular complexity index is 414. The van der Waals surface area contributed by atoms with Crippen LogP contribution in [0.5, 0.6) is 0 Å². The Labute approximate surface area is 95.8 Å². The highest BCUT2D eigenvalue weighted by atomic mass is 16.2. The molecule has 84 valence electrons. The van der Waals surface area contributed by atoms with Gasteiger partial charge in [-0.15, -0.1) is 0 Å². The van der Waals surface area contributed by atoms with Crippen molar-refractivity contribution in [3.8, 4) is 0 Å². The van der Waals surface area contributed by atoms with Gasteiger partial charge in [-0.25, -0.2) is 0 Å². The fourth-order valence-electron chi connectivity index (χ4n) is 2.11. The van der Waals surface area contributed by atoms with Crippen molar-refractivity contribution in [2.75, 3.05) is 13.1 Å². The minimum absolute atomic E-state index is 0.0233. The monoisotopic (exact) mass is 216 g/mol. The summed E-state index contributed by atoms with van der Waals surface area (Å²) < 4.78 is 0. The molecular weight excluding hydrogens is 200 g/mol. The van der Waals surface area contributed by atoms with E-state index in [0.29, 0.717) is 5.92 Å². The minimum atomic E-state index is 0.0233. The van der Waals surface area contributed by atoms with Crippen LogP contribution in [0.3, 0.4) is 0 Å². The Balaban J connectivity index is 2.09. The summed E-state index contributed by atoms with van der Waals surface area (Å²) in [6.45, 7) is 7.15. The number of hydrogen-bond acceptors (Lipinski definition) is 2. The van der Waals surface area contributed by atoms with Crippen molar-refractivity contribution in [1.29, 1.82) is 0 Å². The van der Waals surface area contributed by atoms with E-state index in [-0.39, 0.29) is 5.91 Å². The SMILES string of the molecule is C=CC(=O)N1CCC(c2cc(C)ccn2)C1. The van der Waals surface area contributed by atoms with Crippen molar-refractivity contribution in [1.82, 2.24) is 9.88 Å². The Kier molecular flexibility index (Phi) is 3.04. The number of aryl methyl sites for hydroxylation is 1. The van der Waals surface area contributed by atoms with Gasteiger partial charge in [0.1, 0.15) is 0 Å². The summed E-state index contributed by atoms with van der Waals surface area (Å²) in [6, 6.07) is 4.09. The molecule has 2 rings (SSSR count). The third-order valence-corrected chi connectivity index (χ3v) is 3.03. The second-order valence-corrected chi connectivity index (χ2v) is 4.23. The van der Waals surface area contributed by atoms with Crippen LogP contribution < -0.4 is 0 Å². The molecule has 1 aromatic rings. The highest BCUT2D eigenvalue weighted by molar-refractivity contribution is 5.87. The predicted molar refractivity (Wildman–Crippen MR) is 63.1 cm³/mol. The summed E-state index contributed by atoms with van der Waals surface area (Å²) in [4.78, 5) is 17.7. The van der Waals surface area contributed by atoms with E-state index in [0.717, 1.165) is 25.2 Å². The lowest BCUT2D eigenvalue weighted by molar-refractivity contribution is -0.125. The van der Waals surface area contributed by atoms with Crippen LogP contribution in [0.1, 0.15) is 23.6 Å². The van der Waals surface area contributed by atoms with Crippen LogP contribution in [0.2, 0.25) is 0 Å². The van der Waals surface area contributed by atoms with E-state index in [1.807, 2.05) is 17.2 Å². The molecule has 1 aromatic heterocycles. The Hall–Kier alpha value is -1.64. The van der Waals surface area contributed by atoms with Gasteiger partial charge < -0.3 is 4.90 Å². The standard InChI is InChI=1S/C13H16N2O/c1-3-13(16)15-7-5-11(9-15)12-8-10(2)4-6-14-12/h3-4,6,8,11H,1,5,7,9H2,2H3. The van der Waals surface area contributed by atoms with Crippen molar-refractivity contribution in [3.05, 3.63) is 42.2 Å². The average Bonchev–Trinajstić information content (AvgIpc) is 2.77. The lowest BCUT2D eigenvalue weighted by Crippen LogP contribution is -2.26. The molecule has 1 atom stereocenters. The summed E-state index contributed by atoms with van der Waals surface area (Å²) in [7, 11) is 0. The van der Waals surface area contributed by atoms with Crippen molar-refractivity contribution >= 4 is 5.91 Å². The molecule has 3 heteroatoms. The van der Waals surface area contributed by atoms with Crippen LogP contribution in [-0.4, -0.2) is 28.9 Å². The van der Waals surface area contributed by atoms with Crippen molar-refractivity contribution in [3.63, 3.8) is 0 Å². The van der Waals surface area contributed by atoms with E-state index >= 15 is 0 Å². The fraction of sp³-hybridized carbons (Fsp3) is 0.385. The molecule has 0 saturated carbocycles. The van der Waals surface area contributed by atoms with Gasteiger partial charge >= 0.3 is 0 Å². The zero-order valence-corrected chi connectivity index (χ0v) is 9.52. The van der Waals surface area contributed by atoms with Crippen LogP contribution in [-0.2, 0) is 4.79 Å². The number of likely N-dealkylation sites (tertiary alicyclic amines) is 1. The van der Waals surface area contributed by atoms with Gasteiger partial charge in [-0.05, 0) is 37.1 Å². The number of nitrogens with zero attached hydrogens (tertiary/aromatic N) is 2. The predicted octanol–water partition coefficient (Wildman–Crippen LogP) is 1.89. The number of pyridine rings is 1. The third-order valence-electron chi connectivity index (χ3n) is 3.03. The van der Waals surface area contributed by atoms with Crippen LogP contribution in [0.15, 0.2) is 31.0 Å². The summed E-state index contributed by atoms with van der Waals surface area (Å²) in [5.74, 6) is 0.402. The quantitative estimate of drug-likeness (QED) is 0.707. The molecule has 2 heterocycles. The van der Waals surface area contributed by atoms with Gasteiger partial charge in [0.2, 0.25) is 5.91 Å². The molecule has 0 bridgehead atoms. The molecule has 1 amide bonds. The van der Waals surface area contributed by atoms with E-state index in [9.17, 15) is 4.79 Å². The summed E-state index contributed by atoms with van der Waals surface area (Å²) >= 11 is 0. The molecule has 0 aromatic carbocycles. The largest absolute Gasteiger partial charge is 0.338 e. The lowest BCUT2D eigenvalue weighted by Gasteiger charge is -2.14. The second kappa shape index (κ2) is 4.47.